The molecule has 244 valence electrons. The van der Waals surface area contributed by atoms with Gasteiger partial charge in [0.05, 0.1) is 11.4 Å². The van der Waals surface area contributed by atoms with Gasteiger partial charge < -0.3 is 31.4 Å². The number of carboxylic acid groups (broad SMARTS) is 1. The predicted molar refractivity (Wildman–Crippen MR) is 171 cm³/mol. The fourth-order valence-corrected chi connectivity index (χ4v) is 6.27. The van der Waals surface area contributed by atoms with E-state index in [1.165, 1.54) is 24.3 Å². The average molecular weight is 651 g/mol. The molecule has 1 aromatic heterocycles. The maximum absolute atomic E-state index is 13.7. The first-order chi connectivity index (χ1) is 22.1. The zero-order valence-electron chi connectivity index (χ0n) is 25.2. The highest BCUT2D eigenvalue weighted by atomic mass is 32.2. The van der Waals surface area contributed by atoms with Crippen molar-refractivity contribution in [2.75, 3.05) is 13.1 Å². The number of hydrogen-bond donors (Lipinski definition) is 7. The minimum absolute atomic E-state index is 0.0131. The highest BCUT2D eigenvalue weighted by Crippen LogP contribution is 2.21. The van der Waals surface area contributed by atoms with Crippen molar-refractivity contribution in [3.8, 4) is 12.3 Å². The maximum atomic E-state index is 13.7. The van der Waals surface area contributed by atoms with E-state index in [1.807, 2.05) is 24.3 Å². The van der Waals surface area contributed by atoms with Crippen molar-refractivity contribution >= 4 is 44.7 Å². The zero-order valence-corrected chi connectivity index (χ0v) is 26.0. The molecule has 4 amide bonds. The van der Waals surface area contributed by atoms with E-state index in [0.717, 1.165) is 35.7 Å². The largest absolute Gasteiger partial charge is 0.465 e. The minimum Gasteiger partial charge on any atom is -0.465 e. The van der Waals surface area contributed by atoms with Gasteiger partial charge in [0, 0.05) is 41.7 Å². The van der Waals surface area contributed by atoms with Crippen molar-refractivity contribution < 1.29 is 32.7 Å². The van der Waals surface area contributed by atoms with Crippen molar-refractivity contribution in [2.45, 2.75) is 68.0 Å². The van der Waals surface area contributed by atoms with Gasteiger partial charge in [-0.3, -0.25) is 14.4 Å². The molecule has 3 aromatic rings. The molecule has 1 fully saturated rings. The summed E-state index contributed by atoms with van der Waals surface area (Å²) in [7, 11) is -4.26. The second-order valence-corrected chi connectivity index (χ2v) is 12.8. The molecule has 0 aliphatic heterocycles. The van der Waals surface area contributed by atoms with Crippen LogP contribution in [0.15, 0.2) is 59.6 Å². The number of rotatable bonds is 16. The van der Waals surface area contributed by atoms with Crippen molar-refractivity contribution in [3.05, 3.63) is 65.9 Å². The van der Waals surface area contributed by atoms with E-state index < -0.39 is 40.0 Å². The van der Waals surface area contributed by atoms with Gasteiger partial charge in [0.2, 0.25) is 21.8 Å². The SMILES string of the molecule is C#CCNC(=O)c1ccc(S(=O)(=O)N[C@@H](CCCCNC(=O)O)C(=O)N[C@@H](Cc2c[nH]c3ccccc23)C(=O)NC2CCC2)cc1. The number of benzene rings is 2. The number of terminal acetylenes is 1. The van der Waals surface area contributed by atoms with Crippen molar-refractivity contribution in [1.29, 1.82) is 0 Å². The molecular weight excluding hydrogens is 612 g/mol. The summed E-state index contributed by atoms with van der Waals surface area (Å²) in [5.41, 5.74) is 1.89. The number of hydrogen-bond acceptors (Lipinski definition) is 6. The molecule has 1 aliphatic rings. The quantitative estimate of drug-likeness (QED) is 0.0908. The van der Waals surface area contributed by atoms with E-state index >= 15 is 0 Å². The minimum atomic E-state index is -4.26. The van der Waals surface area contributed by atoms with Gasteiger partial charge in [0.1, 0.15) is 12.1 Å². The Bertz CT molecular complexity index is 1690. The highest BCUT2D eigenvalue weighted by Gasteiger charge is 2.31. The normalized spacial score (nSPS) is 14.3. The first-order valence-corrected chi connectivity index (χ1v) is 16.5. The molecule has 2 atom stereocenters. The highest BCUT2D eigenvalue weighted by molar-refractivity contribution is 7.89. The molecule has 2 aromatic carbocycles. The van der Waals surface area contributed by atoms with Gasteiger partial charge >= 0.3 is 6.09 Å². The number of aromatic amines is 1. The molecule has 46 heavy (non-hydrogen) atoms. The van der Waals surface area contributed by atoms with Crippen molar-refractivity contribution in [1.82, 2.24) is 31.0 Å². The Balaban J connectivity index is 1.53. The number of H-pyrrole nitrogens is 1. The number of unbranched alkanes of at least 4 members (excludes halogenated alkanes) is 1. The van der Waals surface area contributed by atoms with Gasteiger partial charge in [-0.2, -0.15) is 4.72 Å². The number of carbonyl (C=O) groups excluding carboxylic acids is 3. The van der Waals surface area contributed by atoms with Crippen LogP contribution in [0.5, 0.6) is 0 Å². The number of sulfonamides is 1. The lowest BCUT2D eigenvalue weighted by Gasteiger charge is -2.29. The summed E-state index contributed by atoms with van der Waals surface area (Å²) in [6, 6.07) is 10.5. The average Bonchev–Trinajstić information content (AvgIpc) is 3.42. The lowest BCUT2D eigenvalue weighted by Crippen LogP contribution is -2.56. The Kier molecular flexibility index (Phi) is 11.8. The Morgan fingerprint density at radius 2 is 1.72 bits per heavy atom. The molecule has 0 unspecified atom stereocenters. The van der Waals surface area contributed by atoms with Crippen LogP contribution >= 0.6 is 0 Å². The van der Waals surface area contributed by atoms with Crippen LogP contribution in [0.4, 0.5) is 4.79 Å². The fourth-order valence-electron chi connectivity index (χ4n) is 5.04. The van der Waals surface area contributed by atoms with E-state index in [4.69, 9.17) is 11.5 Å². The van der Waals surface area contributed by atoms with E-state index in [1.54, 1.807) is 6.20 Å². The number of aromatic nitrogens is 1. The number of fused-ring (bicyclic) bond motifs is 1. The Morgan fingerprint density at radius 1 is 0.978 bits per heavy atom. The molecule has 0 radical (unpaired) electrons. The number of para-hydroxylation sites is 1. The summed E-state index contributed by atoms with van der Waals surface area (Å²) < 4.78 is 29.2. The molecule has 1 saturated carbocycles. The van der Waals surface area contributed by atoms with Gasteiger partial charge in [-0.1, -0.05) is 24.1 Å². The lowest BCUT2D eigenvalue weighted by molar-refractivity contribution is -0.130. The molecule has 7 N–H and O–H groups in total. The van der Waals surface area contributed by atoms with Crippen molar-refractivity contribution in [2.24, 2.45) is 0 Å². The van der Waals surface area contributed by atoms with E-state index in [9.17, 15) is 27.6 Å². The standard InChI is InChI=1S/C32H38N6O7S/c1-2-17-33-29(39)21-13-15-24(16-14-21)46(44,45)38-27(12-5-6-18-34-32(42)43)30(40)37-28(31(41)36-23-8-7-9-23)19-22-20-35-26-11-4-3-10-25(22)26/h1,3-4,10-11,13-16,20,23,27-28,34-35,38H,5-9,12,17-19H2,(H,33,39)(H,36,41)(H,37,40)(H,42,43)/t27-,28-/m0/s1. The second kappa shape index (κ2) is 15.9. The molecule has 13 nitrogen and oxygen atoms in total. The summed E-state index contributed by atoms with van der Waals surface area (Å²) in [4.78, 5) is 53.1. The molecule has 1 heterocycles. The molecule has 14 heteroatoms. The first kappa shape index (κ1) is 34.0. The van der Waals surface area contributed by atoms with Crippen LogP contribution in [0.3, 0.4) is 0 Å². The lowest BCUT2D eigenvalue weighted by atomic mass is 9.92. The monoisotopic (exact) mass is 650 g/mol. The van der Waals surface area contributed by atoms with Gasteiger partial charge in [0.15, 0.2) is 0 Å². The van der Waals surface area contributed by atoms with Crippen LogP contribution in [0.1, 0.15) is 54.4 Å². The molecule has 0 bridgehead atoms. The van der Waals surface area contributed by atoms with E-state index in [2.05, 4.69) is 36.9 Å². The van der Waals surface area contributed by atoms with Crippen LogP contribution in [-0.2, 0) is 26.0 Å². The Labute approximate surface area is 267 Å². The number of nitrogens with one attached hydrogen (secondary N) is 6. The molecule has 0 spiro atoms. The van der Waals surface area contributed by atoms with Gasteiger partial charge in [-0.25, -0.2) is 13.2 Å². The van der Waals surface area contributed by atoms with Crippen LogP contribution in [-0.4, -0.2) is 73.5 Å². The molecular formula is C32H38N6O7S. The molecule has 4 rings (SSSR count). The van der Waals surface area contributed by atoms with E-state index in [-0.39, 0.29) is 48.3 Å². The smallest absolute Gasteiger partial charge is 0.404 e. The Morgan fingerprint density at radius 3 is 2.39 bits per heavy atom. The van der Waals surface area contributed by atoms with Crippen molar-refractivity contribution in [3.63, 3.8) is 0 Å². The third kappa shape index (κ3) is 9.32. The van der Waals surface area contributed by atoms with Crippen LogP contribution in [0.2, 0.25) is 0 Å². The first-order valence-electron chi connectivity index (χ1n) is 15.0. The van der Waals surface area contributed by atoms with Crippen LogP contribution < -0.4 is 26.0 Å². The molecule has 1 aliphatic carbocycles. The summed E-state index contributed by atoms with van der Waals surface area (Å²) in [5, 5.41) is 20.3. The second-order valence-electron chi connectivity index (χ2n) is 11.1. The fraction of sp³-hybridized carbons (Fsp3) is 0.375. The third-order valence-corrected chi connectivity index (χ3v) is 9.26. The summed E-state index contributed by atoms with van der Waals surface area (Å²) in [5.74, 6) is 0.750. The summed E-state index contributed by atoms with van der Waals surface area (Å²) in [6.07, 6.45) is 9.29. The summed E-state index contributed by atoms with van der Waals surface area (Å²) in [6.45, 7) is 0.131. The Hall–Kier alpha value is -4.87. The van der Waals surface area contributed by atoms with Gasteiger partial charge in [0.25, 0.3) is 5.91 Å². The van der Waals surface area contributed by atoms with E-state index in [0.29, 0.717) is 12.8 Å². The topological polar surface area (TPSA) is 199 Å². The van der Waals surface area contributed by atoms with Gasteiger partial charge in [-0.15, -0.1) is 6.42 Å². The predicted octanol–water partition coefficient (Wildman–Crippen LogP) is 2.01. The van der Waals surface area contributed by atoms with Crippen LogP contribution in [0, 0.1) is 12.3 Å². The van der Waals surface area contributed by atoms with Crippen LogP contribution in [0.25, 0.3) is 10.9 Å². The van der Waals surface area contributed by atoms with Gasteiger partial charge in [-0.05, 0) is 74.4 Å². The third-order valence-electron chi connectivity index (χ3n) is 7.77. The molecule has 0 saturated heterocycles. The zero-order chi connectivity index (χ0) is 33.1. The number of amides is 4. The number of carbonyl (C=O) groups is 4. The maximum Gasteiger partial charge on any atom is 0.404 e. The summed E-state index contributed by atoms with van der Waals surface area (Å²) >= 11 is 0.